The maximum atomic E-state index is 5.97. The molecule has 0 aliphatic rings. The third kappa shape index (κ3) is 3.91. The van der Waals surface area contributed by atoms with Gasteiger partial charge in [0.1, 0.15) is 10.8 Å². The third-order valence-corrected chi connectivity index (χ3v) is 5.95. The van der Waals surface area contributed by atoms with E-state index in [1.54, 1.807) is 11.3 Å². The van der Waals surface area contributed by atoms with Crippen molar-refractivity contribution >= 4 is 11.3 Å². The van der Waals surface area contributed by atoms with Gasteiger partial charge in [0, 0.05) is 23.7 Å². The van der Waals surface area contributed by atoms with Crippen LogP contribution in [0.1, 0.15) is 29.4 Å². The molecular formula is C23H23N3OS. The zero-order valence-corrected chi connectivity index (χ0v) is 17.1. The van der Waals surface area contributed by atoms with Crippen molar-refractivity contribution in [1.82, 2.24) is 14.9 Å². The van der Waals surface area contributed by atoms with Crippen molar-refractivity contribution in [2.24, 2.45) is 0 Å². The molecule has 0 spiro atoms. The number of thiazole rings is 1. The summed E-state index contributed by atoms with van der Waals surface area (Å²) in [6, 6.07) is 19.0. The smallest absolute Gasteiger partial charge is 0.226 e. The molecule has 0 fully saturated rings. The quantitative estimate of drug-likeness (QED) is 0.408. The van der Waals surface area contributed by atoms with Gasteiger partial charge < -0.3 is 4.42 Å². The van der Waals surface area contributed by atoms with Gasteiger partial charge in [-0.05, 0) is 44.2 Å². The van der Waals surface area contributed by atoms with E-state index < -0.39 is 0 Å². The molecular weight excluding hydrogens is 366 g/mol. The lowest BCUT2D eigenvalue weighted by molar-refractivity contribution is 0.248. The largest absolute Gasteiger partial charge is 0.441 e. The van der Waals surface area contributed by atoms with Crippen molar-refractivity contribution in [1.29, 1.82) is 0 Å². The number of oxazole rings is 1. The Bertz CT molecular complexity index is 1020. The highest BCUT2D eigenvalue weighted by atomic mass is 32.1. The molecule has 0 aliphatic carbocycles. The third-order valence-electron chi connectivity index (χ3n) is 5.00. The zero-order valence-electron chi connectivity index (χ0n) is 16.3. The van der Waals surface area contributed by atoms with E-state index in [2.05, 4.69) is 72.4 Å². The van der Waals surface area contributed by atoms with E-state index in [0.717, 1.165) is 28.6 Å². The molecule has 142 valence electrons. The monoisotopic (exact) mass is 389 g/mol. The van der Waals surface area contributed by atoms with E-state index in [1.807, 2.05) is 24.6 Å². The maximum absolute atomic E-state index is 5.97. The highest BCUT2D eigenvalue weighted by Crippen LogP contribution is 2.28. The molecule has 2 heterocycles. The Morgan fingerprint density at radius 1 is 1.00 bits per heavy atom. The van der Waals surface area contributed by atoms with Gasteiger partial charge in [0.25, 0.3) is 0 Å². The zero-order chi connectivity index (χ0) is 19.5. The Hall–Kier alpha value is -2.76. The molecule has 0 saturated heterocycles. The SMILES string of the molecule is Cc1oc(-c2ccc(-c3ccccc3)cc2)nc1CN(C)[C@H](C)c1nccs1. The topological polar surface area (TPSA) is 42.2 Å². The Balaban J connectivity index is 1.51. The number of hydrogen-bond acceptors (Lipinski definition) is 5. The summed E-state index contributed by atoms with van der Waals surface area (Å²) in [4.78, 5) is 11.4. The summed E-state index contributed by atoms with van der Waals surface area (Å²) in [6.45, 7) is 4.86. The first-order valence-electron chi connectivity index (χ1n) is 9.33. The van der Waals surface area contributed by atoms with Crippen LogP contribution in [0.2, 0.25) is 0 Å². The molecule has 0 amide bonds. The summed E-state index contributed by atoms with van der Waals surface area (Å²) in [6.07, 6.45) is 1.85. The van der Waals surface area contributed by atoms with Gasteiger partial charge in [-0.2, -0.15) is 0 Å². The second-order valence-corrected chi connectivity index (χ2v) is 7.85. The number of benzene rings is 2. The molecule has 28 heavy (non-hydrogen) atoms. The molecule has 2 aromatic heterocycles. The van der Waals surface area contributed by atoms with Gasteiger partial charge in [0.2, 0.25) is 5.89 Å². The van der Waals surface area contributed by atoms with Crippen molar-refractivity contribution in [3.8, 4) is 22.6 Å². The Labute approximate surface area is 169 Å². The highest BCUT2D eigenvalue weighted by Gasteiger charge is 2.18. The second kappa shape index (κ2) is 8.09. The van der Waals surface area contributed by atoms with Crippen LogP contribution in [0.25, 0.3) is 22.6 Å². The van der Waals surface area contributed by atoms with Gasteiger partial charge in [-0.1, -0.05) is 42.5 Å². The van der Waals surface area contributed by atoms with Crippen LogP contribution >= 0.6 is 11.3 Å². The number of aryl methyl sites for hydroxylation is 1. The Kier molecular flexibility index (Phi) is 5.37. The maximum Gasteiger partial charge on any atom is 0.226 e. The van der Waals surface area contributed by atoms with Crippen LogP contribution in [0, 0.1) is 6.92 Å². The van der Waals surface area contributed by atoms with Gasteiger partial charge in [-0.3, -0.25) is 4.90 Å². The molecule has 0 saturated carbocycles. The van der Waals surface area contributed by atoms with E-state index in [0.29, 0.717) is 5.89 Å². The van der Waals surface area contributed by atoms with Crippen molar-refractivity contribution in [2.45, 2.75) is 26.4 Å². The Morgan fingerprint density at radius 3 is 2.36 bits per heavy atom. The predicted octanol–water partition coefficient (Wildman–Crippen LogP) is 5.97. The molecule has 2 aromatic carbocycles. The second-order valence-electron chi connectivity index (χ2n) is 6.93. The van der Waals surface area contributed by atoms with E-state index in [-0.39, 0.29) is 6.04 Å². The van der Waals surface area contributed by atoms with E-state index in [1.165, 1.54) is 11.1 Å². The summed E-state index contributed by atoms with van der Waals surface area (Å²) in [5.74, 6) is 1.53. The van der Waals surface area contributed by atoms with Gasteiger partial charge in [-0.15, -0.1) is 11.3 Å². The van der Waals surface area contributed by atoms with Crippen LogP contribution in [0.4, 0.5) is 0 Å². The first-order valence-corrected chi connectivity index (χ1v) is 10.2. The average molecular weight is 390 g/mol. The lowest BCUT2D eigenvalue weighted by Crippen LogP contribution is -2.22. The summed E-state index contributed by atoms with van der Waals surface area (Å²) in [5.41, 5.74) is 4.35. The lowest BCUT2D eigenvalue weighted by Gasteiger charge is -2.21. The van der Waals surface area contributed by atoms with Gasteiger partial charge in [-0.25, -0.2) is 9.97 Å². The predicted molar refractivity (Wildman–Crippen MR) is 114 cm³/mol. The van der Waals surface area contributed by atoms with E-state index in [4.69, 9.17) is 9.40 Å². The highest BCUT2D eigenvalue weighted by molar-refractivity contribution is 7.09. The van der Waals surface area contributed by atoms with Crippen molar-refractivity contribution in [3.05, 3.63) is 82.6 Å². The van der Waals surface area contributed by atoms with Crippen molar-refractivity contribution in [2.75, 3.05) is 7.05 Å². The van der Waals surface area contributed by atoms with E-state index in [9.17, 15) is 0 Å². The molecule has 4 nitrogen and oxygen atoms in total. The molecule has 0 bridgehead atoms. The van der Waals surface area contributed by atoms with Crippen LogP contribution in [-0.4, -0.2) is 21.9 Å². The van der Waals surface area contributed by atoms with Gasteiger partial charge >= 0.3 is 0 Å². The molecule has 5 heteroatoms. The first kappa shape index (κ1) is 18.6. The fourth-order valence-electron chi connectivity index (χ4n) is 3.14. The first-order chi connectivity index (χ1) is 13.6. The Morgan fingerprint density at radius 2 is 1.68 bits per heavy atom. The summed E-state index contributed by atoms with van der Waals surface area (Å²) >= 11 is 1.68. The van der Waals surface area contributed by atoms with Crippen molar-refractivity contribution in [3.63, 3.8) is 0 Å². The molecule has 4 rings (SSSR count). The van der Waals surface area contributed by atoms with E-state index >= 15 is 0 Å². The normalized spacial score (nSPS) is 12.4. The number of nitrogens with zero attached hydrogens (tertiary/aromatic N) is 3. The molecule has 1 atom stereocenters. The average Bonchev–Trinajstić information content (AvgIpc) is 3.39. The number of rotatable bonds is 6. The number of hydrogen-bond donors (Lipinski definition) is 0. The van der Waals surface area contributed by atoms with Crippen LogP contribution in [-0.2, 0) is 6.54 Å². The summed E-state index contributed by atoms with van der Waals surface area (Å²) < 4.78 is 5.97. The minimum absolute atomic E-state index is 0.240. The summed E-state index contributed by atoms with van der Waals surface area (Å²) in [5, 5.41) is 3.12. The van der Waals surface area contributed by atoms with Crippen LogP contribution in [0.15, 0.2) is 70.6 Å². The molecule has 0 radical (unpaired) electrons. The molecule has 0 N–H and O–H groups in total. The standard InChI is InChI=1S/C23H23N3OS/c1-16(23-24-13-14-28-23)26(3)15-21-17(2)27-22(25-21)20-11-9-19(10-12-20)18-7-5-4-6-8-18/h4-14,16H,15H2,1-3H3/t16-/m1/s1. The van der Waals surface area contributed by atoms with Crippen molar-refractivity contribution < 1.29 is 4.42 Å². The number of aromatic nitrogens is 2. The molecule has 0 aliphatic heterocycles. The van der Waals surface area contributed by atoms with Gasteiger partial charge in [0.05, 0.1) is 11.7 Å². The molecule has 4 aromatic rings. The fraction of sp³-hybridized carbons (Fsp3) is 0.217. The van der Waals surface area contributed by atoms with Crippen LogP contribution in [0.5, 0.6) is 0 Å². The molecule has 0 unspecified atom stereocenters. The van der Waals surface area contributed by atoms with Crippen LogP contribution in [0.3, 0.4) is 0 Å². The fourth-order valence-corrected chi connectivity index (χ4v) is 3.90. The minimum Gasteiger partial charge on any atom is -0.441 e. The summed E-state index contributed by atoms with van der Waals surface area (Å²) in [7, 11) is 2.09. The van der Waals surface area contributed by atoms with Gasteiger partial charge in [0.15, 0.2) is 0 Å². The lowest BCUT2D eigenvalue weighted by atomic mass is 10.0. The van der Waals surface area contributed by atoms with Crippen LogP contribution < -0.4 is 0 Å². The minimum atomic E-state index is 0.240.